The van der Waals surface area contributed by atoms with Gasteiger partial charge in [-0.2, -0.15) is 0 Å². The van der Waals surface area contributed by atoms with Crippen LogP contribution in [0.3, 0.4) is 0 Å². The van der Waals surface area contributed by atoms with Gasteiger partial charge in [-0.25, -0.2) is 4.98 Å². The van der Waals surface area contributed by atoms with E-state index in [2.05, 4.69) is 32.3 Å². The van der Waals surface area contributed by atoms with Gasteiger partial charge in [0.05, 0.1) is 11.0 Å². The molecule has 0 spiro atoms. The zero-order valence-corrected chi connectivity index (χ0v) is 15.4. The van der Waals surface area contributed by atoms with E-state index in [-0.39, 0.29) is 5.91 Å². The number of hydrogen-bond acceptors (Lipinski definition) is 3. The number of para-hydroxylation sites is 2. The standard InChI is InChI=1S/C22H24N4O/c27-22(21-24-19-6-1-2-7-20(19)25-21)23-17-9-8-15-10-12-26(18-4-3-5-18)13-11-16(15)14-17/h1-2,6-9,14,18H,3-5,10-13H2,(H,23,27)(H,24,25). The first kappa shape index (κ1) is 16.5. The van der Waals surface area contributed by atoms with Crippen LogP contribution in [0.4, 0.5) is 5.69 Å². The average molecular weight is 360 g/mol. The molecule has 5 heteroatoms. The van der Waals surface area contributed by atoms with Crippen LogP contribution in [0, 0.1) is 0 Å². The molecule has 0 atom stereocenters. The Morgan fingerprint density at radius 3 is 2.67 bits per heavy atom. The molecule has 0 radical (unpaired) electrons. The lowest BCUT2D eigenvalue weighted by molar-refractivity contribution is 0.101. The number of anilines is 1. The molecule has 5 nitrogen and oxygen atoms in total. The van der Waals surface area contributed by atoms with Gasteiger partial charge in [0.2, 0.25) is 0 Å². The normalized spacial score (nSPS) is 17.9. The minimum absolute atomic E-state index is 0.198. The minimum atomic E-state index is -0.198. The average Bonchev–Trinajstić information content (AvgIpc) is 2.97. The molecule has 27 heavy (non-hydrogen) atoms. The van der Waals surface area contributed by atoms with Gasteiger partial charge in [-0.3, -0.25) is 9.69 Å². The lowest BCUT2D eigenvalue weighted by Crippen LogP contribution is -2.41. The number of carbonyl (C=O) groups is 1. The van der Waals surface area contributed by atoms with Crippen molar-refractivity contribution in [3.8, 4) is 0 Å². The Kier molecular flexibility index (Phi) is 4.17. The number of nitrogens with one attached hydrogen (secondary N) is 2. The van der Waals surface area contributed by atoms with Crippen LogP contribution < -0.4 is 5.32 Å². The second-order valence-corrected chi connectivity index (χ2v) is 7.66. The molecule has 0 bridgehead atoms. The van der Waals surface area contributed by atoms with Crippen LogP contribution in [0.15, 0.2) is 42.5 Å². The van der Waals surface area contributed by atoms with Gasteiger partial charge in [0, 0.05) is 24.8 Å². The summed E-state index contributed by atoms with van der Waals surface area (Å²) in [6, 6.07) is 14.8. The van der Waals surface area contributed by atoms with Gasteiger partial charge in [0.1, 0.15) is 0 Å². The molecule has 2 aromatic carbocycles. The van der Waals surface area contributed by atoms with E-state index in [9.17, 15) is 4.79 Å². The van der Waals surface area contributed by atoms with E-state index in [1.165, 1.54) is 30.4 Å². The molecule has 1 aromatic heterocycles. The Morgan fingerprint density at radius 1 is 1.07 bits per heavy atom. The smallest absolute Gasteiger partial charge is 0.291 e. The molecule has 3 aromatic rings. The maximum absolute atomic E-state index is 12.6. The molecule has 1 amide bonds. The van der Waals surface area contributed by atoms with E-state index in [1.54, 1.807) is 0 Å². The third kappa shape index (κ3) is 3.23. The molecule has 138 valence electrons. The van der Waals surface area contributed by atoms with Gasteiger partial charge in [0.25, 0.3) is 5.91 Å². The van der Waals surface area contributed by atoms with Crippen molar-refractivity contribution in [2.24, 2.45) is 0 Å². The number of nitrogens with zero attached hydrogens (tertiary/aromatic N) is 2. The van der Waals surface area contributed by atoms with Crippen molar-refractivity contribution >= 4 is 22.6 Å². The Labute approximate surface area is 158 Å². The topological polar surface area (TPSA) is 61.0 Å². The predicted molar refractivity (Wildman–Crippen MR) is 107 cm³/mol. The molecule has 0 unspecified atom stereocenters. The minimum Gasteiger partial charge on any atom is -0.334 e. The summed E-state index contributed by atoms with van der Waals surface area (Å²) < 4.78 is 0. The molecule has 0 saturated heterocycles. The van der Waals surface area contributed by atoms with E-state index in [1.807, 2.05) is 30.3 Å². The van der Waals surface area contributed by atoms with Crippen molar-refractivity contribution in [1.29, 1.82) is 0 Å². The fourth-order valence-corrected chi connectivity index (χ4v) is 4.19. The predicted octanol–water partition coefficient (Wildman–Crippen LogP) is 3.77. The number of amides is 1. The highest BCUT2D eigenvalue weighted by Gasteiger charge is 2.26. The summed E-state index contributed by atoms with van der Waals surface area (Å²) in [6.07, 6.45) is 6.25. The molecule has 2 heterocycles. The van der Waals surface area contributed by atoms with Gasteiger partial charge in [-0.15, -0.1) is 0 Å². The van der Waals surface area contributed by atoms with Gasteiger partial charge >= 0.3 is 0 Å². The van der Waals surface area contributed by atoms with Gasteiger partial charge in [-0.05, 0) is 61.1 Å². The number of benzene rings is 2. The Balaban J connectivity index is 1.31. The maximum atomic E-state index is 12.6. The largest absolute Gasteiger partial charge is 0.334 e. The van der Waals surface area contributed by atoms with Crippen molar-refractivity contribution in [3.63, 3.8) is 0 Å². The second-order valence-electron chi connectivity index (χ2n) is 7.66. The van der Waals surface area contributed by atoms with Crippen LogP contribution >= 0.6 is 0 Å². The van der Waals surface area contributed by atoms with Crippen molar-refractivity contribution in [2.45, 2.75) is 38.1 Å². The van der Waals surface area contributed by atoms with Crippen molar-refractivity contribution in [2.75, 3.05) is 18.4 Å². The highest BCUT2D eigenvalue weighted by atomic mass is 16.2. The van der Waals surface area contributed by atoms with Crippen molar-refractivity contribution in [3.05, 3.63) is 59.4 Å². The quantitative estimate of drug-likeness (QED) is 0.747. The monoisotopic (exact) mass is 360 g/mol. The number of carbonyl (C=O) groups excluding carboxylic acids is 1. The molecule has 1 fully saturated rings. The lowest BCUT2D eigenvalue weighted by Gasteiger charge is -2.36. The van der Waals surface area contributed by atoms with Crippen LogP contribution in [0.1, 0.15) is 41.0 Å². The first-order chi connectivity index (χ1) is 13.3. The molecule has 2 aliphatic rings. The van der Waals surface area contributed by atoms with E-state index in [0.717, 1.165) is 48.7 Å². The number of aromatic nitrogens is 2. The van der Waals surface area contributed by atoms with Gasteiger partial charge < -0.3 is 10.3 Å². The third-order valence-corrected chi connectivity index (χ3v) is 6.00. The van der Waals surface area contributed by atoms with Gasteiger partial charge in [-0.1, -0.05) is 24.6 Å². The fraction of sp³-hybridized carbons (Fsp3) is 0.364. The Morgan fingerprint density at radius 2 is 1.89 bits per heavy atom. The SMILES string of the molecule is O=C(Nc1ccc2c(c1)CCN(C1CCC1)CC2)c1nc2ccccc2[nH]1. The van der Waals surface area contributed by atoms with Crippen LogP contribution in [0.5, 0.6) is 0 Å². The first-order valence-corrected chi connectivity index (χ1v) is 9.88. The number of imidazole rings is 1. The molecular formula is C22H24N4O. The maximum Gasteiger partial charge on any atom is 0.291 e. The summed E-state index contributed by atoms with van der Waals surface area (Å²) in [5.41, 5.74) is 5.30. The molecule has 1 saturated carbocycles. The van der Waals surface area contributed by atoms with E-state index in [0.29, 0.717) is 5.82 Å². The highest BCUT2D eigenvalue weighted by Crippen LogP contribution is 2.28. The molecule has 2 N–H and O–H groups in total. The Hall–Kier alpha value is -2.66. The van der Waals surface area contributed by atoms with Crippen molar-refractivity contribution < 1.29 is 4.79 Å². The third-order valence-electron chi connectivity index (χ3n) is 6.00. The molecule has 5 rings (SSSR count). The van der Waals surface area contributed by atoms with Crippen molar-refractivity contribution in [1.82, 2.24) is 14.9 Å². The second kappa shape index (κ2) is 6.82. The fourth-order valence-electron chi connectivity index (χ4n) is 4.19. The van der Waals surface area contributed by atoms with Gasteiger partial charge in [0.15, 0.2) is 5.82 Å². The molecule has 1 aliphatic carbocycles. The zero-order chi connectivity index (χ0) is 18.2. The van der Waals surface area contributed by atoms with Crippen LogP contribution in [-0.4, -0.2) is 39.9 Å². The van der Waals surface area contributed by atoms with E-state index >= 15 is 0 Å². The summed E-state index contributed by atoms with van der Waals surface area (Å²) in [5, 5.41) is 3.00. The van der Waals surface area contributed by atoms with Crippen LogP contribution in [0.25, 0.3) is 11.0 Å². The van der Waals surface area contributed by atoms with E-state index < -0.39 is 0 Å². The number of aromatic amines is 1. The van der Waals surface area contributed by atoms with Crippen LogP contribution in [0.2, 0.25) is 0 Å². The summed E-state index contributed by atoms with van der Waals surface area (Å²) in [6.45, 7) is 2.28. The van der Waals surface area contributed by atoms with E-state index in [4.69, 9.17) is 0 Å². The number of rotatable bonds is 3. The van der Waals surface area contributed by atoms with Crippen LogP contribution in [-0.2, 0) is 12.8 Å². The summed E-state index contributed by atoms with van der Waals surface area (Å²) in [5.74, 6) is 0.151. The zero-order valence-electron chi connectivity index (χ0n) is 15.4. The number of H-pyrrole nitrogens is 1. The summed E-state index contributed by atoms with van der Waals surface area (Å²) >= 11 is 0. The number of hydrogen-bond donors (Lipinski definition) is 2. The summed E-state index contributed by atoms with van der Waals surface area (Å²) in [7, 11) is 0. The lowest BCUT2D eigenvalue weighted by atomic mass is 9.91. The highest BCUT2D eigenvalue weighted by molar-refractivity contribution is 6.03. The molecule has 1 aliphatic heterocycles. The number of fused-ring (bicyclic) bond motifs is 2. The Bertz CT molecular complexity index is 956. The first-order valence-electron chi connectivity index (χ1n) is 9.88. The molecular weight excluding hydrogens is 336 g/mol. The summed E-state index contributed by atoms with van der Waals surface area (Å²) in [4.78, 5) is 22.7.